The molecular formula is C16H17ClN4S. The number of rotatable bonds is 3. The second-order valence-corrected chi connectivity index (χ2v) is 5.51. The number of halogens is 1. The maximum absolute atomic E-state index is 6.14. The fraction of sp³-hybridized carbons (Fsp3) is 0.125. The predicted molar refractivity (Wildman–Crippen MR) is 97.3 cm³/mol. The molecule has 6 heteroatoms. The quantitative estimate of drug-likeness (QED) is 0.457. The number of anilines is 1. The SMILES string of the molecule is Cc1cccc(Cl)c1NC(=S)NC(N)=NCc1ccccc1. The van der Waals surface area contributed by atoms with Gasteiger partial charge < -0.3 is 16.4 Å². The molecule has 0 unspecified atom stereocenters. The summed E-state index contributed by atoms with van der Waals surface area (Å²) >= 11 is 11.4. The molecule has 2 aromatic carbocycles. The van der Waals surface area contributed by atoms with Crippen LogP contribution in [0.1, 0.15) is 11.1 Å². The van der Waals surface area contributed by atoms with E-state index in [1.54, 1.807) is 6.07 Å². The van der Waals surface area contributed by atoms with Crippen molar-refractivity contribution in [2.24, 2.45) is 10.7 Å². The topological polar surface area (TPSA) is 62.4 Å². The Morgan fingerprint density at radius 1 is 1.18 bits per heavy atom. The van der Waals surface area contributed by atoms with E-state index in [1.807, 2.05) is 49.4 Å². The van der Waals surface area contributed by atoms with E-state index in [0.29, 0.717) is 16.7 Å². The normalized spacial score (nSPS) is 11.1. The summed E-state index contributed by atoms with van der Waals surface area (Å²) in [5.74, 6) is 0.256. The van der Waals surface area contributed by atoms with Gasteiger partial charge in [0.15, 0.2) is 11.1 Å². The first kappa shape index (κ1) is 16.3. The number of hydrogen-bond donors (Lipinski definition) is 3. The van der Waals surface area contributed by atoms with Crippen LogP contribution in [0.15, 0.2) is 53.5 Å². The molecule has 114 valence electrons. The Kier molecular flexibility index (Phi) is 5.75. The minimum atomic E-state index is 0.256. The third-order valence-electron chi connectivity index (χ3n) is 2.98. The van der Waals surface area contributed by atoms with Crippen LogP contribution < -0.4 is 16.4 Å². The van der Waals surface area contributed by atoms with Crippen LogP contribution in [0.4, 0.5) is 5.69 Å². The molecule has 0 aliphatic heterocycles. The second kappa shape index (κ2) is 7.77. The van der Waals surface area contributed by atoms with E-state index in [1.165, 1.54) is 0 Å². The Bertz CT molecular complexity index is 666. The highest BCUT2D eigenvalue weighted by molar-refractivity contribution is 7.80. The summed E-state index contributed by atoms with van der Waals surface area (Å²) in [6.07, 6.45) is 0. The largest absolute Gasteiger partial charge is 0.370 e. The molecule has 0 atom stereocenters. The van der Waals surface area contributed by atoms with Gasteiger partial charge in [0.25, 0.3) is 0 Å². The lowest BCUT2D eigenvalue weighted by Crippen LogP contribution is -2.39. The number of aryl methyl sites for hydroxylation is 1. The van der Waals surface area contributed by atoms with Crippen LogP contribution in [0.25, 0.3) is 0 Å². The van der Waals surface area contributed by atoms with Gasteiger partial charge in [-0.15, -0.1) is 0 Å². The molecule has 0 fully saturated rings. The van der Waals surface area contributed by atoms with Gasteiger partial charge in [-0.05, 0) is 36.3 Å². The van der Waals surface area contributed by atoms with Crippen LogP contribution in [-0.4, -0.2) is 11.1 Å². The number of para-hydroxylation sites is 1. The van der Waals surface area contributed by atoms with Crippen LogP contribution in [0.5, 0.6) is 0 Å². The number of nitrogens with one attached hydrogen (secondary N) is 2. The highest BCUT2D eigenvalue weighted by Crippen LogP contribution is 2.24. The molecule has 2 aromatic rings. The van der Waals surface area contributed by atoms with Crippen LogP contribution in [-0.2, 0) is 6.54 Å². The van der Waals surface area contributed by atoms with Crippen molar-refractivity contribution in [2.75, 3.05) is 5.32 Å². The van der Waals surface area contributed by atoms with E-state index in [-0.39, 0.29) is 5.96 Å². The lowest BCUT2D eigenvalue weighted by molar-refractivity contribution is 1.04. The predicted octanol–water partition coefficient (Wildman–Crippen LogP) is 3.45. The molecule has 0 aliphatic carbocycles. The fourth-order valence-electron chi connectivity index (χ4n) is 1.85. The van der Waals surface area contributed by atoms with Crippen LogP contribution in [0, 0.1) is 6.92 Å². The lowest BCUT2D eigenvalue weighted by Gasteiger charge is -2.13. The summed E-state index contributed by atoms with van der Waals surface area (Å²) in [5, 5.41) is 6.83. The van der Waals surface area contributed by atoms with Gasteiger partial charge in [0, 0.05) is 0 Å². The molecule has 2 rings (SSSR count). The number of thiocarbonyl (C=S) groups is 1. The Hall–Kier alpha value is -2.11. The van der Waals surface area contributed by atoms with Crippen molar-refractivity contribution in [3.05, 3.63) is 64.7 Å². The maximum Gasteiger partial charge on any atom is 0.195 e. The first-order valence-electron chi connectivity index (χ1n) is 6.73. The van der Waals surface area contributed by atoms with Gasteiger partial charge in [0.2, 0.25) is 0 Å². The van der Waals surface area contributed by atoms with Crippen molar-refractivity contribution in [3.8, 4) is 0 Å². The average Bonchev–Trinajstić information content (AvgIpc) is 2.50. The monoisotopic (exact) mass is 332 g/mol. The smallest absolute Gasteiger partial charge is 0.195 e. The molecule has 0 aromatic heterocycles. The Morgan fingerprint density at radius 2 is 1.91 bits per heavy atom. The third kappa shape index (κ3) is 4.72. The molecule has 0 saturated heterocycles. The summed E-state index contributed by atoms with van der Waals surface area (Å²) in [5.41, 5.74) is 8.67. The van der Waals surface area contributed by atoms with Gasteiger partial charge >= 0.3 is 0 Å². The van der Waals surface area contributed by atoms with Crippen molar-refractivity contribution >= 4 is 40.6 Å². The molecule has 0 radical (unpaired) electrons. The average molecular weight is 333 g/mol. The van der Waals surface area contributed by atoms with Crippen molar-refractivity contribution in [3.63, 3.8) is 0 Å². The minimum absolute atomic E-state index is 0.256. The lowest BCUT2D eigenvalue weighted by atomic mass is 10.2. The van der Waals surface area contributed by atoms with Crippen molar-refractivity contribution in [2.45, 2.75) is 13.5 Å². The molecule has 22 heavy (non-hydrogen) atoms. The molecular weight excluding hydrogens is 316 g/mol. The van der Waals surface area contributed by atoms with Gasteiger partial charge in [-0.1, -0.05) is 54.1 Å². The van der Waals surface area contributed by atoms with E-state index >= 15 is 0 Å². The van der Waals surface area contributed by atoms with Crippen molar-refractivity contribution in [1.29, 1.82) is 0 Å². The van der Waals surface area contributed by atoms with Crippen molar-refractivity contribution in [1.82, 2.24) is 5.32 Å². The zero-order valence-electron chi connectivity index (χ0n) is 12.1. The molecule has 4 nitrogen and oxygen atoms in total. The van der Waals surface area contributed by atoms with Gasteiger partial charge in [0.1, 0.15) is 0 Å². The standard InChI is InChI=1S/C16H17ClN4S/c1-11-6-5-9-13(17)14(11)20-16(22)21-15(18)19-10-12-7-3-2-4-8-12/h2-9H,10H2,1H3,(H4,18,19,20,21,22). The number of benzene rings is 2. The Labute approximate surface area is 140 Å². The molecule has 0 amide bonds. The summed E-state index contributed by atoms with van der Waals surface area (Å²) < 4.78 is 0. The van der Waals surface area contributed by atoms with E-state index in [0.717, 1.165) is 16.8 Å². The summed E-state index contributed by atoms with van der Waals surface area (Å²) in [6, 6.07) is 15.5. The highest BCUT2D eigenvalue weighted by atomic mass is 35.5. The molecule has 0 saturated carbocycles. The molecule has 0 bridgehead atoms. The zero-order chi connectivity index (χ0) is 15.9. The number of aliphatic imine (C=N–C) groups is 1. The van der Waals surface area contributed by atoms with Gasteiger partial charge in [0.05, 0.1) is 17.3 Å². The van der Waals surface area contributed by atoms with Gasteiger partial charge in [-0.2, -0.15) is 0 Å². The maximum atomic E-state index is 6.14. The first-order chi connectivity index (χ1) is 10.6. The second-order valence-electron chi connectivity index (χ2n) is 4.70. The van der Waals surface area contributed by atoms with E-state index in [4.69, 9.17) is 29.6 Å². The minimum Gasteiger partial charge on any atom is -0.370 e. The van der Waals surface area contributed by atoms with Crippen LogP contribution in [0.3, 0.4) is 0 Å². The molecule has 0 aliphatic rings. The first-order valence-corrected chi connectivity index (χ1v) is 7.52. The number of nitrogens with zero attached hydrogens (tertiary/aromatic N) is 1. The molecule has 0 spiro atoms. The Balaban J connectivity index is 1.94. The number of nitrogens with two attached hydrogens (primary N) is 1. The van der Waals surface area contributed by atoms with Gasteiger partial charge in [-0.3, -0.25) is 0 Å². The van der Waals surface area contributed by atoms with E-state index < -0.39 is 0 Å². The van der Waals surface area contributed by atoms with Crippen LogP contribution in [0.2, 0.25) is 5.02 Å². The third-order valence-corrected chi connectivity index (χ3v) is 3.50. The molecule has 0 heterocycles. The number of guanidine groups is 1. The fourth-order valence-corrected chi connectivity index (χ4v) is 2.33. The van der Waals surface area contributed by atoms with Crippen LogP contribution >= 0.6 is 23.8 Å². The molecule has 4 N–H and O–H groups in total. The summed E-state index contributed by atoms with van der Waals surface area (Å²) in [6.45, 7) is 2.44. The zero-order valence-corrected chi connectivity index (χ0v) is 13.7. The van der Waals surface area contributed by atoms with Crippen molar-refractivity contribution < 1.29 is 0 Å². The van der Waals surface area contributed by atoms with E-state index in [9.17, 15) is 0 Å². The number of hydrogen-bond acceptors (Lipinski definition) is 2. The summed E-state index contributed by atoms with van der Waals surface area (Å²) in [4.78, 5) is 4.24. The van der Waals surface area contributed by atoms with E-state index in [2.05, 4.69) is 15.6 Å². The highest BCUT2D eigenvalue weighted by Gasteiger charge is 2.06. The Morgan fingerprint density at radius 3 is 2.59 bits per heavy atom. The summed E-state index contributed by atoms with van der Waals surface area (Å²) in [7, 11) is 0. The van der Waals surface area contributed by atoms with Gasteiger partial charge in [-0.25, -0.2) is 4.99 Å².